The second-order valence-corrected chi connectivity index (χ2v) is 7.66. The standard InChI is InChI=1S/C21H24N2OS/c24-20-18-12-5-13-19(18)23(21(25)22-20)14-17-10-2-1-9-16(17)11-4-8-15-6-3-7-15/h1-2,5,9-10,13,15H,3-4,6-8,11-12,14H2,(H,22,24,25). The zero-order valence-corrected chi connectivity index (χ0v) is 15.3. The lowest BCUT2D eigenvalue weighted by Gasteiger charge is -2.25. The first-order valence-electron chi connectivity index (χ1n) is 9.31. The van der Waals surface area contributed by atoms with E-state index in [1.165, 1.54) is 43.2 Å². The van der Waals surface area contributed by atoms with E-state index in [4.69, 9.17) is 12.2 Å². The number of benzene rings is 1. The summed E-state index contributed by atoms with van der Waals surface area (Å²) in [6, 6.07) is 8.65. The molecule has 2 aliphatic rings. The molecule has 0 bridgehead atoms. The second kappa shape index (κ2) is 7.12. The van der Waals surface area contributed by atoms with Crippen LogP contribution in [-0.4, -0.2) is 9.55 Å². The lowest BCUT2D eigenvalue weighted by Crippen LogP contribution is -2.20. The number of hydrogen-bond donors (Lipinski definition) is 1. The molecule has 4 heteroatoms. The summed E-state index contributed by atoms with van der Waals surface area (Å²) < 4.78 is 2.58. The fraction of sp³-hybridized carbons (Fsp3) is 0.429. The average Bonchev–Trinajstić information content (AvgIpc) is 3.05. The van der Waals surface area contributed by atoms with E-state index in [0.29, 0.717) is 11.2 Å². The van der Waals surface area contributed by atoms with E-state index in [9.17, 15) is 4.79 Å². The Bertz CT molecular complexity index is 918. The van der Waals surface area contributed by atoms with E-state index in [1.807, 2.05) is 12.2 Å². The molecule has 0 saturated heterocycles. The molecular formula is C21H24N2OS. The molecular weight excluding hydrogens is 328 g/mol. The minimum atomic E-state index is -0.0463. The number of nitrogens with one attached hydrogen (secondary N) is 1. The van der Waals surface area contributed by atoms with Gasteiger partial charge in [-0.15, -0.1) is 0 Å². The molecule has 4 rings (SSSR count). The number of allylic oxidation sites excluding steroid dienone is 1. The third-order valence-corrected chi connectivity index (χ3v) is 5.99. The quantitative estimate of drug-likeness (QED) is 0.769. The predicted octanol–water partition coefficient (Wildman–Crippen LogP) is 4.65. The number of H-pyrrole nitrogens is 1. The number of aromatic amines is 1. The van der Waals surface area contributed by atoms with Crippen LogP contribution in [0.5, 0.6) is 0 Å². The van der Waals surface area contributed by atoms with Crippen LogP contribution in [0.2, 0.25) is 0 Å². The number of aromatic nitrogens is 2. The van der Waals surface area contributed by atoms with Gasteiger partial charge in [0, 0.05) is 5.56 Å². The van der Waals surface area contributed by atoms with Crippen LogP contribution >= 0.6 is 12.2 Å². The lowest BCUT2D eigenvalue weighted by atomic mass is 9.81. The van der Waals surface area contributed by atoms with Crippen molar-refractivity contribution >= 4 is 18.3 Å². The van der Waals surface area contributed by atoms with Gasteiger partial charge in [0.25, 0.3) is 5.56 Å². The minimum absolute atomic E-state index is 0.0463. The van der Waals surface area contributed by atoms with Gasteiger partial charge in [-0.3, -0.25) is 9.78 Å². The van der Waals surface area contributed by atoms with Crippen molar-refractivity contribution in [1.29, 1.82) is 0 Å². The molecule has 1 saturated carbocycles. The van der Waals surface area contributed by atoms with Gasteiger partial charge in [-0.25, -0.2) is 0 Å². The molecule has 0 aliphatic heterocycles. The molecule has 0 unspecified atom stereocenters. The number of aryl methyl sites for hydroxylation is 1. The Kier molecular flexibility index (Phi) is 4.71. The Balaban J connectivity index is 1.57. The second-order valence-electron chi connectivity index (χ2n) is 7.27. The number of nitrogens with zero attached hydrogens (tertiary/aromatic N) is 1. The van der Waals surface area contributed by atoms with Gasteiger partial charge in [-0.2, -0.15) is 0 Å². The van der Waals surface area contributed by atoms with Gasteiger partial charge in [0.2, 0.25) is 0 Å². The minimum Gasteiger partial charge on any atom is -0.314 e. The van der Waals surface area contributed by atoms with Crippen molar-refractivity contribution < 1.29 is 0 Å². The van der Waals surface area contributed by atoms with Gasteiger partial charge in [-0.1, -0.05) is 56.0 Å². The van der Waals surface area contributed by atoms with Crippen molar-refractivity contribution in [2.45, 2.75) is 51.5 Å². The van der Waals surface area contributed by atoms with Crippen molar-refractivity contribution in [3.05, 3.63) is 67.9 Å². The molecule has 1 fully saturated rings. The molecule has 0 atom stereocenters. The number of rotatable bonds is 6. The first-order valence-corrected chi connectivity index (χ1v) is 9.72. The largest absolute Gasteiger partial charge is 0.314 e. The highest BCUT2D eigenvalue weighted by Crippen LogP contribution is 2.31. The fourth-order valence-corrected chi connectivity index (χ4v) is 4.21. The predicted molar refractivity (Wildman–Crippen MR) is 104 cm³/mol. The molecule has 130 valence electrons. The van der Waals surface area contributed by atoms with Crippen LogP contribution in [0.25, 0.3) is 6.08 Å². The molecule has 1 aromatic carbocycles. The molecule has 25 heavy (non-hydrogen) atoms. The van der Waals surface area contributed by atoms with Gasteiger partial charge in [0.05, 0.1) is 12.2 Å². The summed E-state index contributed by atoms with van der Waals surface area (Å²) in [4.78, 5) is 14.9. The smallest absolute Gasteiger partial charge is 0.255 e. The van der Waals surface area contributed by atoms with Crippen molar-refractivity contribution in [3.8, 4) is 0 Å². The summed E-state index contributed by atoms with van der Waals surface area (Å²) in [5.41, 5.74) is 4.47. The topological polar surface area (TPSA) is 37.8 Å². The van der Waals surface area contributed by atoms with Crippen LogP contribution in [0.1, 0.15) is 54.5 Å². The van der Waals surface area contributed by atoms with Gasteiger partial charge in [0.15, 0.2) is 4.77 Å². The molecule has 0 radical (unpaired) electrons. The highest BCUT2D eigenvalue weighted by atomic mass is 32.1. The molecule has 2 aliphatic carbocycles. The molecule has 1 aromatic heterocycles. The van der Waals surface area contributed by atoms with E-state index >= 15 is 0 Å². The molecule has 0 amide bonds. The van der Waals surface area contributed by atoms with Gasteiger partial charge in [-0.05, 0) is 54.6 Å². The molecule has 3 nitrogen and oxygen atoms in total. The first kappa shape index (κ1) is 16.5. The Labute approximate surface area is 153 Å². The Morgan fingerprint density at radius 1 is 1.20 bits per heavy atom. The van der Waals surface area contributed by atoms with Crippen LogP contribution < -0.4 is 5.56 Å². The summed E-state index contributed by atoms with van der Waals surface area (Å²) in [7, 11) is 0. The summed E-state index contributed by atoms with van der Waals surface area (Å²) >= 11 is 5.44. The maximum Gasteiger partial charge on any atom is 0.255 e. The maximum absolute atomic E-state index is 12.1. The fourth-order valence-electron chi connectivity index (χ4n) is 3.95. The molecule has 2 aromatic rings. The van der Waals surface area contributed by atoms with Crippen molar-refractivity contribution in [3.63, 3.8) is 0 Å². The highest BCUT2D eigenvalue weighted by Gasteiger charge is 2.17. The van der Waals surface area contributed by atoms with Crippen molar-refractivity contribution in [1.82, 2.24) is 9.55 Å². The van der Waals surface area contributed by atoms with E-state index in [0.717, 1.165) is 30.1 Å². The number of fused-ring (bicyclic) bond motifs is 1. The summed E-state index contributed by atoms with van der Waals surface area (Å²) in [5.74, 6) is 0.966. The SMILES string of the molecule is O=c1[nH]c(=S)n(Cc2ccccc2CCCC2CCC2)c2c1CC=C2. The van der Waals surface area contributed by atoms with Crippen molar-refractivity contribution in [2.24, 2.45) is 5.92 Å². The Hall–Kier alpha value is -1.94. The van der Waals surface area contributed by atoms with Crippen LogP contribution in [0.15, 0.2) is 35.1 Å². The molecule has 0 spiro atoms. The molecule has 1 heterocycles. The average molecular weight is 353 g/mol. The van der Waals surface area contributed by atoms with Crippen LogP contribution in [0, 0.1) is 10.7 Å². The van der Waals surface area contributed by atoms with Crippen molar-refractivity contribution in [2.75, 3.05) is 0 Å². The third-order valence-electron chi connectivity index (χ3n) is 5.67. The zero-order chi connectivity index (χ0) is 17.2. The molecule has 1 N–H and O–H groups in total. The van der Waals surface area contributed by atoms with Crippen LogP contribution in [-0.2, 0) is 19.4 Å². The third kappa shape index (κ3) is 3.40. The maximum atomic E-state index is 12.1. The van der Waals surface area contributed by atoms with E-state index < -0.39 is 0 Å². The van der Waals surface area contributed by atoms with Crippen LogP contribution in [0.4, 0.5) is 0 Å². The zero-order valence-electron chi connectivity index (χ0n) is 14.5. The van der Waals surface area contributed by atoms with E-state index in [2.05, 4.69) is 33.8 Å². The van der Waals surface area contributed by atoms with E-state index in [1.54, 1.807) is 0 Å². The Morgan fingerprint density at radius 2 is 2.00 bits per heavy atom. The monoisotopic (exact) mass is 352 g/mol. The lowest BCUT2D eigenvalue weighted by molar-refractivity contribution is 0.290. The van der Waals surface area contributed by atoms with Crippen LogP contribution in [0.3, 0.4) is 0 Å². The van der Waals surface area contributed by atoms with Gasteiger partial charge in [0.1, 0.15) is 0 Å². The summed E-state index contributed by atoms with van der Waals surface area (Å²) in [6.45, 7) is 0.724. The summed E-state index contributed by atoms with van der Waals surface area (Å²) in [5, 5.41) is 0. The number of hydrogen-bond acceptors (Lipinski definition) is 2. The highest BCUT2D eigenvalue weighted by molar-refractivity contribution is 7.71. The van der Waals surface area contributed by atoms with E-state index in [-0.39, 0.29) is 5.56 Å². The first-order chi connectivity index (χ1) is 12.2. The summed E-state index contributed by atoms with van der Waals surface area (Å²) in [6.07, 6.45) is 12.8. The van der Waals surface area contributed by atoms with Gasteiger partial charge < -0.3 is 4.57 Å². The normalized spacial score (nSPS) is 16.0. The van der Waals surface area contributed by atoms with Gasteiger partial charge >= 0.3 is 0 Å². The Morgan fingerprint density at radius 3 is 2.76 bits per heavy atom.